The van der Waals surface area contributed by atoms with E-state index in [2.05, 4.69) is 21.1 Å². The van der Waals surface area contributed by atoms with E-state index in [4.69, 9.17) is 4.84 Å². The topological polar surface area (TPSA) is 96.3 Å². The average molecular weight is 353 g/mol. The van der Waals surface area contributed by atoms with Crippen molar-refractivity contribution in [2.24, 2.45) is 5.16 Å². The van der Waals surface area contributed by atoms with Crippen molar-refractivity contribution in [1.29, 1.82) is 0 Å². The van der Waals surface area contributed by atoms with E-state index >= 15 is 0 Å². The largest absolute Gasteiger partial charge is 0.480 e. The highest BCUT2D eigenvalue weighted by Gasteiger charge is 2.48. The number of fused-ring (bicyclic) bond motifs is 1. The number of carbonyl (C=O) groups is 3. The summed E-state index contributed by atoms with van der Waals surface area (Å²) in [7, 11) is 0. The maximum atomic E-state index is 12.3. The van der Waals surface area contributed by atoms with Gasteiger partial charge in [0.1, 0.15) is 4.62 Å². The lowest BCUT2D eigenvalue weighted by molar-refractivity contribution is -0.146. The van der Waals surface area contributed by atoms with E-state index in [1.165, 1.54) is 12.1 Å². The summed E-state index contributed by atoms with van der Waals surface area (Å²) in [5.41, 5.74) is 0.401. The third-order valence-corrected chi connectivity index (χ3v) is 3.83. The van der Waals surface area contributed by atoms with Crippen LogP contribution in [0.5, 0.6) is 0 Å². The first kappa shape index (κ1) is 13.7. The summed E-state index contributed by atoms with van der Waals surface area (Å²) in [6.07, 6.45) is -0.719. The predicted octanol–water partition coefficient (Wildman–Crippen LogP) is 1.23. The second kappa shape index (κ2) is 4.96. The molecular formula is C13H9BrN2O5. The highest BCUT2D eigenvalue weighted by atomic mass is 79.9. The number of aliphatic carboxylic acids is 1. The smallest absolute Gasteiger partial charge is 0.330 e. The van der Waals surface area contributed by atoms with E-state index in [1.54, 1.807) is 12.1 Å². The highest BCUT2D eigenvalue weighted by molar-refractivity contribution is 9.18. The van der Waals surface area contributed by atoms with E-state index < -0.39 is 29.9 Å². The van der Waals surface area contributed by atoms with Crippen LogP contribution in [-0.4, -0.2) is 44.6 Å². The van der Waals surface area contributed by atoms with Gasteiger partial charge in [-0.25, -0.2) is 4.79 Å². The fourth-order valence-electron chi connectivity index (χ4n) is 2.43. The molecule has 2 heterocycles. The van der Waals surface area contributed by atoms with Gasteiger partial charge in [-0.3, -0.25) is 14.5 Å². The minimum absolute atomic E-state index is 0.185. The molecule has 0 saturated carbocycles. The molecule has 1 N–H and O–H groups in total. The maximum absolute atomic E-state index is 12.3. The quantitative estimate of drug-likeness (QED) is 0.825. The van der Waals surface area contributed by atoms with Gasteiger partial charge in [-0.15, -0.1) is 0 Å². The van der Waals surface area contributed by atoms with Gasteiger partial charge < -0.3 is 9.94 Å². The Morgan fingerprint density at radius 2 is 1.90 bits per heavy atom. The van der Waals surface area contributed by atoms with Crippen LogP contribution in [0.15, 0.2) is 29.4 Å². The molecule has 0 spiro atoms. The van der Waals surface area contributed by atoms with Crippen molar-refractivity contribution in [3.8, 4) is 0 Å². The Balaban J connectivity index is 1.97. The molecule has 108 valence electrons. The fourth-order valence-corrected chi connectivity index (χ4v) is 2.83. The van der Waals surface area contributed by atoms with Crippen LogP contribution >= 0.6 is 15.9 Å². The van der Waals surface area contributed by atoms with Crippen molar-refractivity contribution in [2.75, 3.05) is 0 Å². The Labute approximate surface area is 127 Å². The number of carboxylic acid groups (broad SMARTS) is 1. The summed E-state index contributed by atoms with van der Waals surface area (Å²) in [6, 6.07) is 4.81. The summed E-state index contributed by atoms with van der Waals surface area (Å²) < 4.78 is 0.440. The van der Waals surface area contributed by atoms with Crippen LogP contribution in [0, 0.1) is 0 Å². The van der Waals surface area contributed by atoms with E-state index in [0.29, 0.717) is 4.62 Å². The van der Waals surface area contributed by atoms with Crippen LogP contribution in [0.1, 0.15) is 27.1 Å². The molecule has 0 saturated heterocycles. The van der Waals surface area contributed by atoms with Crippen LogP contribution in [-0.2, 0) is 9.63 Å². The third kappa shape index (κ3) is 2.11. The molecule has 8 heteroatoms. The molecule has 2 amide bonds. The first-order valence-corrected chi connectivity index (χ1v) is 6.88. The summed E-state index contributed by atoms with van der Waals surface area (Å²) in [4.78, 5) is 41.9. The van der Waals surface area contributed by atoms with E-state index in [-0.39, 0.29) is 17.5 Å². The molecule has 0 radical (unpaired) electrons. The molecule has 2 atom stereocenters. The Morgan fingerprint density at radius 3 is 2.33 bits per heavy atom. The Hall–Kier alpha value is -2.22. The van der Waals surface area contributed by atoms with Gasteiger partial charge in [0.2, 0.25) is 0 Å². The minimum atomic E-state index is -1.42. The Kier molecular flexibility index (Phi) is 3.25. The van der Waals surface area contributed by atoms with Gasteiger partial charge in [0, 0.05) is 6.42 Å². The van der Waals surface area contributed by atoms with Crippen LogP contribution in [0.3, 0.4) is 0 Å². The van der Waals surface area contributed by atoms with Crippen molar-refractivity contribution in [1.82, 2.24) is 4.90 Å². The number of hydrogen-bond acceptors (Lipinski definition) is 5. The van der Waals surface area contributed by atoms with Crippen LogP contribution in [0.4, 0.5) is 0 Å². The molecule has 1 aromatic rings. The normalized spacial score (nSPS) is 21.9. The van der Waals surface area contributed by atoms with Gasteiger partial charge in [0.15, 0.2) is 12.1 Å². The molecule has 0 aliphatic carbocycles. The molecule has 21 heavy (non-hydrogen) atoms. The molecule has 2 aliphatic rings. The van der Waals surface area contributed by atoms with Crippen molar-refractivity contribution >= 4 is 38.3 Å². The number of amides is 2. The first-order chi connectivity index (χ1) is 10.0. The average Bonchev–Trinajstić information content (AvgIpc) is 2.97. The monoisotopic (exact) mass is 352 g/mol. The molecular weight excluding hydrogens is 344 g/mol. The minimum Gasteiger partial charge on any atom is -0.480 e. The predicted molar refractivity (Wildman–Crippen MR) is 74.2 cm³/mol. The summed E-state index contributed by atoms with van der Waals surface area (Å²) in [6.45, 7) is 0. The molecule has 0 unspecified atom stereocenters. The number of imide groups is 1. The van der Waals surface area contributed by atoms with Gasteiger partial charge in [-0.05, 0) is 28.1 Å². The van der Waals surface area contributed by atoms with Crippen LogP contribution in [0.25, 0.3) is 0 Å². The lowest BCUT2D eigenvalue weighted by atomic mass is 10.1. The number of nitrogens with zero attached hydrogens (tertiary/aromatic N) is 2. The summed E-state index contributed by atoms with van der Waals surface area (Å²) in [5, 5.41) is 13.0. The second-order valence-corrected chi connectivity index (χ2v) is 5.54. The van der Waals surface area contributed by atoms with Gasteiger partial charge in [0.05, 0.1) is 11.1 Å². The van der Waals surface area contributed by atoms with Crippen LogP contribution in [0.2, 0.25) is 0 Å². The number of rotatable bonds is 3. The molecule has 1 aromatic carbocycles. The number of oxime groups is 1. The van der Waals surface area contributed by atoms with Crippen molar-refractivity contribution < 1.29 is 24.3 Å². The molecule has 3 rings (SSSR count). The van der Waals surface area contributed by atoms with E-state index in [9.17, 15) is 19.5 Å². The van der Waals surface area contributed by atoms with E-state index in [1.807, 2.05) is 0 Å². The number of carbonyl (C=O) groups excluding carboxylic acids is 2. The zero-order valence-corrected chi connectivity index (χ0v) is 12.1. The van der Waals surface area contributed by atoms with Crippen LogP contribution < -0.4 is 0 Å². The Bertz CT molecular complexity index is 652. The fraction of sp³-hybridized carbons (Fsp3) is 0.231. The molecule has 0 aromatic heterocycles. The Morgan fingerprint density at radius 1 is 1.33 bits per heavy atom. The van der Waals surface area contributed by atoms with Crippen molar-refractivity contribution in [3.05, 3.63) is 35.4 Å². The number of carboxylic acids is 1. The van der Waals surface area contributed by atoms with Gasteiger partial charge >= 0.3 is 5.97 Å². The van der Waals surface area contributed by atoms with Gasteiger partial charge in [0.25, 0.3) is 11.8 Å². The van der Waals surface area contributed by atoms with E-state index in [0.717, 1.165) is 4.90 Å². The van der Waals surface area contributed by atoms with Gasteiger partial charge in [-0.1, -0.05) is 17.3 Å². The van der Waals surface area contributed by atoms with Crippen molar-refractivity contribution in [2.45, 2.75) is 18.6 Å². The lowest BCUT2D eigenvalue weighted by Gasteiger charge is -2.25. The third-order valence-electron chi connectivity index (χ3n) is 3.37. The highest BCUT2D eigenvalue weighted by Crippen LogP contribution is 2.29. The zero-order valence-electron chi connectivity index (χ0n) is 10.5. The summed E-state index contributed by atoms with van der Waals surface area (Å²) in [5.74, 6) is -2.57. The standard InChI is InChI=1S/C13H9BrN2O5/c14-9-5-8(21-15-9)10(13(19)20)16-11(17)6-3-1-2-4-7(6)12(16)18/h1-4,8,10H,5H2,(H,19,20)/t8-,10-/m0/s1. The number of benzene rings is 1. The SMILES string of the molecule is O=C(O)[C@H]([C@@H]1CC(Br)=NO1)N1C(=O)c2ccccc2C1=O. The number of halogens is 1. The summed E-state index contributed by atoms with van der Waals surface area (Å²) >= 11 is 3.11. The van der Waals surface area contributed by atoms with Gasteiger partial charge in [-0.2, -0.15) is 0 Å². The zero-order chi connectivity index (χ0) is 15.1. The number of hydrogen-bond donors (Lipinski definition) is 1. The molecule has 0 fully saturated rings. The molecule has 2 aliphatic heterocycles. The maximum Gasteiger partial charge on any atom is 0.330 e. The molecule has 0 bridgehead atoms. The lowest BCUT2D eigenvalue weighted by Crippen LogP contribution is -2.51. The molecule has 7 nitrogen and oxygen atoms in total. The van der Waals surface area contributed by atoms with Crippen molar-refractivity contribution in [3.63, 3.8) is 0 Å². The second-order valence-electron chi connectivity index (χ2n) is 4.62. The first-order valence-electron chi connectivity index (χ1n) is 6.08.